The van der Waals surface area contributed by atoms with Crippen molar-refractivity contribution in [1.29, 1.82) is 0 Å². The highest BCUT2D eigenvalue weighted by Crippen LogP contribution is 2.19. The highest BCUT2D eigenvalue weighted by molar-refractivity contribution is 5.68. The first-order valence-electron chi connectivity index (χ1n) is 3.50. The summed E-state index contributed by atoms with van der Waals surface area (Å²) in [7, 11) is 0. The van der Waals surface area contributed by atoms with Crippen LogP contribution in [0.1, 0.15) is 0 Å². The number of aliphatic carboxylic acids is 1. The lowest BCUT2D eigenvalue weighted by molar-refractivity contribution is -0.139. The van der Waals surface area contributed by atoms with Crippen LogP contribution in [0.15, 0.2) is 29.4 Å². The van der Waals surface area contributed by atoms with Gasteiger partial charge in [-0.25, -0.2) is 4.79 Å². The predicted molar refractivity (Wildman–Crippen MR) is 45.0 cm³/mol. The van der Waals surface area contributed by atoms with Crippen molar-refractivity contribution in [3.05, 3.63) is 29.2 Å². The summed E-state index contributed by atoms with van der Waals surface area (Å²) < 4.78 is 4.81. The summed E-state index contributed by atoms with van der Waals surface area (Å²) in [6.45, 7) is -0.428. The lowest BCUT2D eigenvalue weighted by Crippen LogP contribution is -2.09. The van der Waals surface area contributed by atoms with E-state index in [9.17, 15) is 9.70 Å². The van der Waals surface area contributed by atoms with Crippen LogP contribution in [-0.2, 0) is 4.79 Å². The second kappa shape index (κ2) is 4.20. The molecule has 1 aromatic carbocycles. The van der Waals surface area contributed by atoms with Crippen molar-refractivity contribution in [3.63, 3.8) is 0 Å². The van der Waals surface area contributed by atoms with Gasteiger partial charge in [0, 0.05) is 6.07 Å². The molecule has 1 rings (SSSR count). The molecule has 0 heterocycles. The average Bonchev–Trinajstić information content (AvgIpc) is 2.15. The van der Waals surface area contributed by atoms with E-state index in [2.05, 4.69) is 5.18 Å². The molecular weight excluding hydrogens is 174 g/mol. The molecule has 0 aromatic heterocycles. The number of carbonyl (C=O) groups is 1. The van der Waals surface area contributed by atoms with Gasteiger partial charge in [-0.1, -0.05) is 6.07 Å². The molecule has 0 atom stereocenters. The van der Waals surface area contributed by atoms with Crippen LogP contribution in [0.5, 0.6) is 5.75 Å². The molecule has 1 aromatic rings. The van der Waals surface area contributed by atoms with Gasteiger partial charge in [-0.15, -0.1) is 4.91 Å². The Morgan fingerprint density at radius 1 is 1.54 bits per heavy atom. The Bertz CT molecular complexity index is 324. The molecule has 0 bridgehead atoms. The van der Waals surface area contributed by atoms with Gasteiger partial charge in [-0.3, -0.25) is 0 Å². The number of ether oxygens (including phenoxy) is 1. The van der Waals surface area contributed by atoms with E-state index in [-0.39, 0.29) is 5.69 Å². The Balaban J connectivity index is 2.66. The van der Waals surface area contributed by atoms with Crippen LogP contribution in [0, 0.1) is 4.91 Å². The normalized spacial score (nSPS) is 9.23. The summed E-state index contributed by atoms with van der Waals surface area (Å²) in [5.74, 6) is -0.746. The highest BCUT2D eigenvalue weighted by atomic mass is 16.5. The molecule has 13 heavy (non-hydrogen) atoms. The summed E-state index contributed by atoms with van der Waals surface area (Å²) in [6.07, 6.45) is 0. The lowest BCUT2D eigenvalue weighted by atomic mass is 10.3. The maximum atomic E-state index is 10.1. The Hall–Kier alpha value is -1.91. The van der Waals surface area contributed by atoms with Crippen molar-refractivity contribution in [1.82, 2.24) is 0 Å². The first-order chi connectivity index (χ1) is 6.22. The van der Waals surface area contributed by atoms with Gasteiger partial charge in [0.1, 0.15) is 11.4 Å². The lowest BCUT2D eigenvalue weighted by Gasteiger charge is -2.01. The average molecular weight is 181 g/mol. The molecule has 0 amide bonds. The number of hydrogen-bond acceptors (Lipinski definition) is 4. The monoisotopic (exact) mass is 181 g/mol. The number of nitrogens with zero attached hydrogens (tertiary/aromatic N) is 1. The van der Waals surface area contributed by atoms with Crippen LogP contribution < -0.4 is 4.74 Å². The van der Waals surface area contributed by atoms with Gasteiger partial charge in [0.05, 0.1) is 0 Å². The van der Waals surface area contributed by atoms with Crippen LogP contribution in [0.3, 0.4) is 0 Å². The summed E-state index contributed by atoms with van der Waals surface area (Å²) in [6, 6.07) is 5.99. The molecule has 0 spiro atoms. The third-order valence-corrected chi connectivity index (χ3v) is 1.29. The van der Waals surface area contributed by atoms with Gasteiger partial charge in [-0.05, 0) is 17.3 Å². The van der Waals surface area contributed by atoms with Crippen LogP contribution >= 0.6 is 0 Å². The van der Waals surface area contributed by atoms with Crippen LogP contribution in [-0.4, -0.2) is 17.7 Å². The molecule has 0 saturated carbocycles. The topological polar surface area (TPSA) is 76.0 Å². The molecule has 0 saturated heterocycles. The third kappa shape index (κ3) is 2.90. The van der Waals surface area contributed by atoms with E-state index in [0.717, 1.165) is 0 Å². The predicted octanol–water partition coefficient (Wildman–Crippen LogP) is 1.55. The largest absolute Gasteiger partial charge is 0.482 e. The highest BCUT2D eigenvalue weighted by Gasteiger charge is 1.99. The van der Waals surface area contributed by atoms with Crippen molar-refractivity contribution in [2.75, 3.05) is 6.61 Å². The van der Waals surface area contributed by atoms with Crippen LogP contribution in [0.4, 0.5) is 5.69 Å². The quantitative estimate of drug-likeness (QED) is 0.715. The molecule has 0 aliphatic rings. The van der Waals surface area contributed by atoms with Gasteiger partial charge in [0.15, 0.2) is 6.61 Å². The number of nitroso groups, excluding NO2 is 1. The van der Waals surface area contributed by atoms with Crippen LogP contribution in [0.25, 0.3) is 0 Å². The fraction of sp³-hybridized carbons (Fsp3) is 0.125. The maximum absolute atomic E-state index is 10.1. The number of hydrogen-bond donors (Lipinski definition) is 1. The van der Waals surface area contributed by atoms with E-state index in [4.69, 9.17) is 9.84 Å². The van der Waals surface area contributed by atoms with Gasteiger partial charge in [-0.2, -0.15) is 0 Å². The fourth-order valence-corrected chi connectivity index (χ4v) is 0.775. The van der Waals surface area contributed by atoms with Crippen LogP contribution in [0.2, 0.25) is 0 Å². The first-order valence-corrected chi connectivity index (χ1v) is 3.50. The second-order valence-corrected chi connectivity index (χ2v) is 2.27. The standard InChI is InChI=1S/C8H7NO4/c10-8(11)5-13-7-3-1-2-6(4-7)9-12/h1-4H,5H2,(H,10,11). The summed E-state index contributed by atoms with van der Waals surface area (Å²) in [4.78, 5) is 20.2. The van der Waals surface area contributed by atoms with E-state index < -0.39 is 12.6 Å². The van der Waals surface area contributed by atoms with E-state index in [1.54, 1.807) is 12.1 Å². The molecule has 0 unspecified atom stereocenters. The van der Waals surface area contributed by atoms with Crippen molar-refractivity contribution in [2.24, 2.45) is 5.18 Å². The minimum absolute atomic E-state index is 0.211. The van der Waals surface area contributed by atoms with Gasteiger partial charge in [0.2, 0.25) is 0 Å². The Labute approximate surface area is 73.9 Å². The molecule has 1 N–H and O–H groups in total. The molecule has 0 aliphatic heterocycles. The Morgan fingerprint density at radius 3 is 2.92 bits per heavy atom. The number of carboxylic acid groups (broad SMARTS) is 1. The smallest absolute Gasteiger partial charge is 0.341 e. The molecule has 68 valence electrons. The van der Waals surface area contributed by atoms with Crippen molar-refractivity contribution < 1.29 is 14.6 Å². The zero-order chi connectivity index (χ0) is 9.68. The number of carboxylic acids is 1. The van der Waals surface area contributed by atoms with E-state index in [0.29, 0.717) is 5.75 Å². The van der Waals surface area contributed by atoms with Crippen molar-refractivity contribution in [3.8, 4) is 5.75 Å². The van der Waals surface area contributed by atoms with Gasteiger partial charge in [0.25, 0.3) is 0 Å². The molecule has 0 fully saturated rings. The minimum Gasteiger partial charge on any atom is -0.482 e. The summed E-state index contributed by atoms with van der Waals surface area (Å²) in [5, 5.41) is 11.0. The van der Waals surface area contributed by atoms with E-state index in [1.807, 2.05) is 0 Å². The van der Waals surface area contributed by atoms with Gasteiger partial charge >= 0.3 is 5.97 Å². The minimum atomic E-state index is -1.07. The van der Waals surface area contributed by atoms with Gasteiger partial charge < -0.3 is 9.84 Å². The zero-order valence-corrected chi connectivity index (χ0v) is 6.64. The second-order valence-electron chi connectivity index (χ2n) is 2.27. The molecule has 0 aliphatic carbocycles. The maximum Gasteiger partial charge on any atom is 0.341 e. The molecule has 5 nitrogen and oxygen atoms in total. The summed E-state index contributed by atoms with van der Waals surface area (Å²) in [5.41, 5.74) is 0.211. The summed E-state index contributed by atoms with van der Waals surface area (Å²) >= 11 is 0. The van der Waals surface area contributed by atoms with E-state index in [1.165, 1.54) is 12.1 Å². The molecular formula is C8H7NO4. The zero-order valence-electron chi connectivity index (χ0n) is 6.64. The van der Waals surface area contributed by atoms with Crippen molar-refractivity contribution in [2.45, 2.75) is 0 Å². The Morgan fingerprint density at radius 2 is 2.31 bits per heavy atom. The molecule has 5 heteroatoms. The first kappa shape index (κ1) is 9.18. The Kier molecular flexibility index (Phi) is 2.97. The van der Waals surface area contributed by atoms with E-state index >= 15 is 0 Å². The molecule has 0 radical (unpaired) electrons. The fourth-order valence-electron chi connectivity index (χ4n) is 0.775. The van der Waals surface area contributed by atoms with Crippen molar-refractivity contribution >= 4 is 11.7 Å². The number of rotatable bonds is 4. The third-order valence-electron chi connectivity index (χ3n) is 1.29. The SMILES string of the molecule is O=Nc1cccc(OCC(=O)O)c1. The number of benzene rings is 1.